The van der Waals surface area contributed by atoms with Crippen LogP contribution in [0.2, 0.25) is 0 Å². The van der Waals surface area contributed by atoms with E-state index in [1.165, 1.54) is 0 Å². The number of para-hydroxylation sites is 1. The fourth-order valence-electron chi connectivity index (χ4n) is 3.93. The van der Waals surface area contributed by atoms with Gasteiger partial charge in [0.1, 0.15) is 0 Å². The second-order valence-electron chi connectivity index (χ2n) is 6.17. The quantitative estimate of drug-likeness (QED) is 0.881. The summed E-state index contributed by atoms with van der Waals surface area (Å²) in [5.74, 6) is -0.335. The van der Waals surface area contributed by atoms with Crippen LogP contribution in [0.15, 0.2) is 54.6 Å². The number of anilines is 1. The second-order valence-corrected chi connectivity index (χ2v) is 6.17. The summed E-state index contributed by atoms with van der Waals surface area (Å²) in [4.78, 5) is 14.5. The van der Waals surface area contributed by atoms with Crippen LogP contribution in [0.5, 0.6) is 0 Å². The van der Waals surface area contributed by atoms with Crippen molar-refractivity contribution in [3.8, 4) is 6.07 Å². The zero-order valence-corrected chi connectivity index (χ0v) is 12.8. The molecule has 4 rings (SSSR count). The van der Waals surface area contributed by atoms with E-state index >= 15 is 0 Å². The lowest BCUT2D eigenvalue weighted by atomic mass is 9.78. The van der Waals surface area contributed by atoms with E-state index in [9.17, 15) is 10.1 Å². The molecule has 0 radical (unpaired) electrons. The Morgan fingerprint density at radius 2 is 1.74 bits per heavy atom. The lowest BCUT2D eigenvalue weighted by Gasteiger charge is -2.34. The molecule has 1 N–H and O–H groups in total. The summed E-state index contributed by atoms with van der Waals surface area (Å²) in [5, 5.41) is 13.2. The number of hydrogen-bond acceptors (Lipinski definition) is 3. The highest BCUT2D eigenvalue weighted by Gasteiger charge is 2.51. The van der Waals surface area contributed by atoms with Gasteiger partial charge in [0.05, 0.1) is 18.0 Å². The number of nitriles is 1. The average molecular weight is 303 g/mol. The summed E-state index contributed by atoms with van der Waals surface area (Å²) in [6.07, 6.45) is 0. The van der Waals surface area contributed by atoms with Gasteiger partial charge < -0.3 is 4.90 Å². The van der Waals surface area contributed by atoms with Crippen LogP contribution < -0.4 is 10.2 Å². The van der Waals surface area contributed by atoms with E-state index in [-0.39, 0.29) is 29.8 Å². The fraction of sp³-hybridized carbons (Fsp3) is 0.263. The molecule has 0 saturated carbocycles. The van der Waals surface area contributed by atoms with Crippen LogP contribution in [0.3, 0.4) is 0 Å². The van der Waals surface area contributed by atoms with Crippen LogP contribution in [-0.2, 0) is 4.79 Å². The first-order valence-electron chi connectivity index (χ1n) is 7.79. The molecule has 2 heterocycles. The molecule has 0 aromatic heterocycles. The lowest BCUT2D eigenvalue weighted by molar-refractivity contribution is -0.120. The van der Waals surface area contributed by atoms with E-state index in [0.29, 0.717) is 0 Å². The predicted octanol–water partition coefficient (Wildman–Crippen LogP) is 2.60. The van der Waals surface area contributed by atoms with Crippen molar-refractivity contribution in [1.82, 2.24) is 5.32 Å². The molecule has 1 amide bonds. The number of fused-ring (bicyclic) bond motifs is 3. The number of carbonyl (C=O) groups excluding carboxylic acids is 1. The Labute approximate surface area is 135 Å². The summed E-state index contributed by atoms with van der Waals surface area (Å²) in [7, 11) is 1.80. The molecule has 1 saturated heterocycles. The Balaban J connectivity index is 1.84. The largest absolute Gasteiger partial charge is 0.314 e. The number of nitrogens with zero attached hydrogens (tertiary/aromatic N) is 2. The third kappa shape index (κ3) is 1.97. The summed E-state index contributed by atoms with van der Waals surface area (Å²) in [5.41, 5.74) is 3.05. The summed E-state index contributed by atoms with van der Waals surface area (Å²) >= 11 is 0. The van der Waals surface area contributed by atoms with Gasteiger partial charge >= 0.3 is 0 Å². The van der Waals surface area contributed by atoms with E-state index in [0.717, 1.165) is 16.8 Å². The SMILES string of the molecule is CN1C(=O)[C@H]2N[C@@H](c3ccccc3)[C@@H](C#N)[C@@H]2c2ccccc21. The minimum absolute atomic E-state index is 0.0346. The van der Waals surface area contributed by atoms with Gasteiger partial charge in [0.2, 0.25) is 5.91 Å². The Hall–Kier alpha value is -2.64. The Morgan fingerprint density at radius 1 is 1.04 bits per heavy atom. The van der Waals surface area contributed by atoms with Gasteiger partial charge in [0, 0.05) is 24.7 Å². The molecule has 23 heavy (non-hydrogen) atoms. The van der Waals surface area contributed by atoms with Gasteiger partial charge in [0.25, 0.3) is 0 Å². The first kappa shape index (κ1) is 14.0. The fourth-order valence-corrected chi connectivity index (χ4v) is 3.93. The number of nitrogens with one attached hydrogen (secondary N) is 1. The maximum Gasteiger partial charge on any atom is 0.244 e. The van der Waals surface area contributed by atoms with Gasteiger partial charge in [-0.3, -0.25) is 10.1 Å². The van der Waals surface area contributed by atoms with Gasteiger partial charge in [-0.25, -0.2) is 0 Å². The number of benzene rings is 2. The van der Waals surface area contributed by atoms with Gasteiger partial charge in [-0.1, -0.05) is 48.5 Å². The van der Waals surface area contributed by atoms with Gasteiger partial charge in [-0.15, -0.1) is 0 Å². The molecule has 0 unspecified atom stereocenters. The molecule has 0 bridgehead atoms. The molecule has 2 aromatic carbocycles. The molecule has 1 fully saturated rings. The molecule has 4 nitrogen and oxygen atoms in total. The Morgan fingerprint density at radius 3 is 2.48 bits per heavy atom. The molecular weight excluding hydrogens is 286 g/mol. The molecule has 2 aliphatic heterocycles. The Bertz CT molecular complexity index is 796. The van der Waals surface area contributed by atoms with E-state index in [2.05, 4.69) is 11.4 Å². The highest BCUT2D eigenvalue weighted by molar-refractivity contribution is 6.01. The van der Waals surface area contributed by atoms with Crippen molar-refractivity contribution in [2.75, 3.05) is 11.9 Å². The average Bonchev–Trinajstić information content (AvgIpc) is 3.00. The maximum absolute atomic E-state index is 12.8. The first-order valence-corrected chi connectivity index (χ1v) is 7.79. The van der Waals surface area contributed by atoms with E-state index in [1.54, 1.807) is 11.9 Å². The summed E-state index contributed by atoms with van der Waals surface area (Å²) < 4.78 is 0. The number of likely N-dealkylation sites (N-methyl/N-ethyl adjacent to an activating group) is 1. The number of amides is 1. The third-order valence-corrected chi connectivity index (χ3v) is 5.03. The molecule has 2 aromatic rings. The Kier molecular flexibility index (Phi) is 3.17. The van der Waals surface area contributed by atoms with Gasteiger partial charge in [-0.05, 0) is 17.2 Å². The molecule has 0 spiro atoms. The van der Waals surface area contributed by atoms with Crippen molar-refractivity contribution in [3.05, 3.63) is 65.7 Å². The van der Waals surface area contributed by atoms with Crippen molar-refractivity contribution in [2.45, 2.75) is 18.0 Å². The number of hydrogen-bond donors (Lipinski definition) is 1. The second kappa shape index (κ2) is 5.22. The molecule has 2 aliphatic rings. The smallest absolute Gasteiger partial charge is 0.244 e. The van der Waals surface area contributed by atoms with Gasteiger partial charge in [-0.2, -0.15) is 5.26 Å². The topological polar surface area (TPSA) is 56.1 Å². The zero-order chi connectivity index (χ0) is 16.0. The van der Waals surface area contributed by atoms with Gasteiger partial charge in [0.15, 0.2) is 0 Å². The molecule has 4 heteroatoms. The van der Waals surface area contributed by atoms with Crippen LogP contribution in [-0.4, -0.2) is 19.0 Å². The molecule has 4 atom stereocenters. The van der Waals surface area contributed by atoms with Crippen molar-refractivity contribution in [3.63, 3.8) is 0 Å². The van der Waals surface area contributed by atoms with Crippen molar-refractivity contribution < 1.29 is 4.79 Å². The predicted molar refractivity (Wildman–Crippen MR) is 87.8 cm³/mol. The van der Waals surface area contributed by atoms with Crippen LogP contribution in [0.1, 0.15) is 23.1 Å². The standard InChI is InChI=1S/C19H17N3O/c1-22-15-10-6-5-9-13(15)16-14(11-20)17(21-18(16)19(22)23)12-7-3-2-4-8-12/h2-10,14,16-18,21H,1H3/t14-,16-,17-,18-/m0/s1. The van der Waals surface area contributed by atoms with E-state index < -0.39 is 0 Å². The van der Waals surface area contributed by atoms with E-state index in [4.69, 9.17) is 0 Å². The van der Waals surface area contributed by atoms with Crippen LogP contribution in [0.25, 0.3) is 0 Å². The lowest BCUT2D eigenvalue weighted by Crippen LogP contribution is -2.48. The first-order chi connectivity index (χ1) is 11.2. The van der Waals surface area contributed by atoms with Crippen LogP contribution in [0.4, 0.5) is 5.69 Å². The van der Waals surface area contributed by atoms with Crippen molar-refractivity contribution in [2.24, 2.45) is 5.92 Å². The normalized spacial score (nSPS) is 28.9. The van der Waals surface area contributed by atoms with Crippen LogP contribution >= 0.6 is 0 Å². The number of rotatable bonds is 1. The molecule has 0 aliphatic carbocycles. The highest BCUT2D eigenvalue weighted by Crippen LogP contribution is 2.48. The summed E-state index contributed by atoms with van der Waals surface area (Å²) in [6.45, 7) is 0. The maximum atomic E-state index is 12.8. The zero-order valence-electron chi connectivity index (χ0n) is 12.8. The minimum Gasteiger partial charge on any atom is -0.314 e. The van der Waals surface area contributed by atoms with Crippen molar-refractivity contribution >= 4 is 11.6 Å². The molecular formula is C19H17N3O. The van der Waals surface area contributed by atoms with Crippen LogP contribution in [0, 0.1) is 17.2 Å². The monoisotopic (exact) mass is 303 g/mol. The van der Waals surface area contributed by atoms with Crippen molar-refractivity contribution in [1.29, 1.82) is 5.26 Å². The molecule has 114 valence electrons. The summed E-state index contributed by atoms with van der Waals surface area (Å²) in [6, 6.07) is 19.8. The number of carbonyl (C=O) groups is 1. The van der Waals surface area contributed by atoms with E-state index in [1.807, 2.05) is 54.6 Å². The third-order valence-electron chi connectivity index (χ3n) is 5.03. The minimum atomic E-state index is -0.343. The highest BCUT2D eigenvalue weighted by atomic mass is 16.2.